The second-order valence-corrected chi connectivity index (χ2v) is 6.94. The molecule has 2 aromatic carbocycles. The van der Waals surface area contributed by atoms with E-state index in [0.29, 0.717) is 5.16 Å². The van der Waals surface area contributed by atoms with Crippen LogP contribution in [0.25, 0.3) is 11.4 Å². The van der Waals surface area contributed by atoms with E-state index in [4.69, 9.17) is 0 Å². The van der Waals surface area contributed by atoms with Gasteiger partial charge in [-0.25, -0.2) is 4.98 Å². The molecule has 0 spiro atoms. The predicted octanol–water partition coefficient (Wildman–Crippen LogP) is 4.80. The summed E-state index contributed by atoms with van der Waals surface area (Å²) in [6.07, 6.45) is 0.999. The van der Waals surface area contributed by atoms with Crippen molar-refractivity contribution in [2.75, 3.05) is 0 Å². The van der Waals surface area contributed by atoms with Crippen LogP contribution in [0.3, 0.4) is 0 Å². The lowest BCUT2D eigenvalue weighted by atomic mass is 10.1. The molecule has 0 aliphatic rings. The maximum Gasteiger partial charge on any atom is 0.269 e. The van der Waals surface area contributed by atoms with E-state index < -0.39 is 0 Å². The monoisotopic (exact) mass is 354 g/mol. The smallest absolute Gasteiger partial charge is 0.258 e. The molecule has 0 aliphatic carbocycles. The van der Waals surface area contributed by atoms with Crippen LogP contribution in [0, 0.1) is 10.1 Å². The van der Waals surface area contributed by atoms with Crippen LogP contribution < -0.4 is 0 Å². The molecule has 0 unspecified atom stereocenters. The van der Waals surface area contributed by atoms with Gasteiger partial charge in [-0.05, 0) is 24.5 Å². The molecule has 1 heterocycles. The molecule has 1 aromatic heterocycles. The second-order valence-electron chi connectivity index (χ2n) is 5.63. The Bertz CT molecular complexity index is 877. The quantitative estimate of drug-likeness (QED) is 0.390. The topological polar surface area (TPSA) is 84.7 Å². The molecule has 6 nitrogen and oxygen atoms in total. The van der Waals surface area contributed by atoms with Gasteiger partial charge in [0, 0.05) is 22.9 Å². The number of thioether (sulfide) groups is 1. The third kappa shape index (κ3) is 4.06. The van der Waals surface area contributed by atoms with Crippen LogP contribution in [-0.4, -0.2) is 20.1 Å². The molecule has 3 aromatic rings. The predicted molar refractivity (Wildman–Crippen MR) is 98.6 cm³/mol. The maximum atomic E-state index is 10.9. The lowest BCUT2D eigenvalue weighted by molar-refractivity contribution is -0.384. The number of aromatic nitrogens is 3. The molecule has 0 aliphatic heterocycles. The first kappa shape index (κ1) is 17.2. The van der Waals surface area contributed by atoms with Crippen molar-refractivity contribution in [3.63, 3.8) is 0 Å². The summed E-state index contributed by atoms with van der Waals surface area (Å²) in [5.41, 5.74) is 3.23. The van der Waals surface area contributed by atoms with Crippen LogP contribution in [-0.2, 0) is 6.42 Å². The van der Waals surface area contributed by atoms with Crippen molar-refractivity contribution in [3.8, 4) is 11.4 Å². The van der Waals surface area contributed by atoms with E-state index in [1.807, 2.05) is 25.1 Å². The van der Waals surface area contributed by atoms with E-state index in [1.54, 1.807) is 12.1 Å². The molecule has 0 fully saturated rings. The molecule has 0 saturated heterocycles. The van der Waals surface area contributed by atoms with Crippen LogP contribution in [0.5, 0.6) is 0 Å². The zero-order chi connectivity index (χ0) is 17.8. The summed E-state index contributed by atoms with van der Waals surface area (Å²) in [7, 11) is 0. The van der Waals surface area contributed by atoms with Crippen LogP contribution in [0.15, 0.2) is 53.7 Å². The van der Waals surface area contributed by atoms with Crippen molar-refractivity contribution >= 4 is 17.4 Å². The van der Waals surface area contributed by atoms with Crippen LogP contribution >= 0.6 is 11.8 Å². The fourth-order valence-corrected chi connectivity index (χ4v) is 3.29. The van der Waals surface area contributed by atoms with E-state index in [0.717, 1.165) is 23.4 Å². The number of nitrogens with zero attached hydrogens (tertiary/aromatic N) is 3. The molecular formula is C18H18N4O2S. The summed E-state index contributed by atoms with van der Waals surface area (Å²) >= 11 is 1.46. The summed E-state index contributed by atoms with van der Waals surface area (Å²) < 4.78 is 0. The van der Waals surface area contributed by atoms with Gasteiger partial charge in [-0.3, -0.25) is 15.2 Å². The largest absolute Gasteiger partial charge is 0.269 e. The fraction of sp³-hybridized carbons (Fsp3) is 0.222. The van der Waals surface area contributed by atoms with Crippen molar-refractivity contribution in [2.24, 2.45) is 0 Å². The van der Waals surface area contributed by atoms with Gasteiger partial charge in [-0.1, -0.05) is 55.1 Å². The maximum absolute atomic E-state index is 10.9. The first-order valence-electron chi connectivity index (χ1n) is 7.99. The third-order valence-electron chi connectivity index (χ3n) is 3.93. The molecule has 7 heteroatoms. The van der Waals surface area contributed by atoms with Crippen LogP contribution in [0.2, 0.25) is 0 Å². The number of aromatic amines is 1. The lowest BCUT2D eigenvalue weighted by Gasteiger charge is -2.08. The van der Waals surface area contributed by atoms with Gasteiger partial charge in [0.1, 0.15) is 0 Å². The van der Waals surface area contributed by atoms with Crippen molar-refractivity contribution in [3.05, 3.63) is 69.8 Å². The number of benzene rings is 2. The molecule has 0 amide bonds. The van der Waals surface area contributed by atoms with Gasteiger partial charge in [0.05, 0.1) is 4.92 Å². The van der Waals surface area contributed by atoms with Crippen LogP contribution in [0.4, 0.5) is 5.69 Å². The summed E-state index contributed by atoms with van der Waals surface area (Å²) in [5, 5.41) is 18.7. The molecule has 3 rings (SSSR count). The summed E-state index contributed by atoms with van der Waals surface area (Å²) in [6.45, 7) is 4.10. The number of rotatable bonds is 6. The number of aryl methyl sites for hydroxylation is 1. The van der Waals surface area contributed by atoms with Gasteiger partial charge in [0.2, 0.25) is 5.16 Å². The highest BCUT2D eigenvalue weighted by atomic mass is 32.2. The van der Waals surface area contributed by atoms with E-state index in [2.05, 4.69) is 34.2 Å². The summed E-state index contributed by atoms with van der Waals surface area (Å²) in [4.78, 5) is 15.0. The lowest BCUT2D eigenvalue weighted by Crippen LogP contribution is -1.93. The van der Waals surface area contributed by atoms with Crippen LogP contribution in [0.1, 0.15) is 30.2 Å². The molecule has 1 N–H and O–H groups in total. The molecule has 0 bridgehead atoms. The van der Waals surface area contributed by atoms with Gasteiger partial charge in [0.15, 0.2) is 5.82 Å². The number of non-ortho nitro benzene ring substituents is 1. The van der Waals surface area contributed by atoms with Crippen molar-refractivity contribution in [1.82, 2.24) is 15.2 Å². The Morgan fingerprint density at radius 2 is 2.00 bits per heavy atom. The molecule has 128 valence electrons. The summed E-state index contributed by atoms with van der Waals surface area (Å²) in [5.74, 6) is 0.719. The Kier molecular flexibility index (Phi) is 5.14. The Morgan fingerprint density at radius 1 is 1.24 bits per heavy atom. The highest BCUT2D eigenvalue weighted by Gasteiger charge is 2.15. The van der Waals surface area contributed by atoms with Gasteiger partial charge < -0.3 is 0 Å². The third-order valence-corrected chi connectivity index (χ3v) is 4.95. The molecule has 0 saturated carbocycles. The van der Waals surface area contributed by atoms with Crippen molar-refractivity contribution in [2.45, 2.75) is 30.7 Å². The standard InChI is InChI=1S/C18H18N4O2S/c1-3-13-7-9-14(10-8-13)17-19-18(21-20-17)25-12(2)15-5-4-6-16(11-15)22(23)24/h4-12H,3H2,1-2H3,(H,19,20,21)/t12-/m0/s1. The average molecular weight is 354 g/mol. The number of nitro groups is 1. The zero-order valence-corrected chi connectivity index (χ0v) is 14.8. The number of hydrogen-bond acceptors (Lipinski definition) is 5. The number of nitrogens with one attached hydrogen (secondary N) is 1. The SMILES string of the molecule is CCc1ccc(-c2nc(S[C@@H](C)c3cccc([N+](=O)[O-])c3)n[nH]2)cc1. The Balaban J connectivity index is 1.74. The van der Waals surface area contributed by atoms with Gasteiger partial charge >= 0.3 is 0 Å². The molecule has 25 heavy (non-hydrogen) atoms. The normalized spacial score (nSPS) is 12.1. The fourth-order valence-electron chi connectivity index (χ4n) is 2.44. The Morgan fingerprint density at radius 3 is 2.68 bits per heavy atom. The van der Waals surface area contributed by atoms with E-state index >= 15 is 0 Å². The Hall–Kier alpha value is -2.67. The average Bonchev–Trinajstić information content (AvgIpc) is 3.10. The van der Waals surface area contributed by atoms with Gasteiger partial charge in [-0.2, -0.15) is 0 Å². The van der Waals surface area contributed by atoms with Gasteiger partial charge in [0.25, 0.3) is 5.69 Å². The number of nitro benzene ring substituents is 1. The second kappa shape index (κ2) is 7.48. The Labute approximate surface area is 149 Å². The number of hydrogen-bond donors (Lipinski definition) is 1. The van der Waals surface area contributed by atoms with E-state index in [-0.39, 0.29) is 15.9 Å². The van der Waals surface area contributed by atoms with E-state index in [9.17, 15) is 10.1 Å². The molecule has 0 radical (unpaired) electrons. The summed E-state index contributed by atoms with van der Waals surface area (Å²) in [6, 6.07) is 14.9. The molecular weight excluding hydrogens is 336 g/mol. The highest BCUT2D eigenvalue weighted by molar-refractivity contribution is 7.99. The first-order valence-corrected chi connectivity index (χ1v) is 8.87. The van der Waals surface area contributed by atoms with Crippen molar-refractivity contribution < 1.29 is 4.92 Å². The first-order chi connectivity index (χ1) is 12.1. The minimum absolute atomic E-state index is 0.00557. The van der Waals surface area contributed by atoms with Gasteiger partial charge in [-0.15, -0.1) is 5.10 Å². The highest BCUT2D eigenvalue weighted by Crippen LogP contribution is 2.34. The minimum atomic E-state index is -0.383. The zero-order valence-electron chi connectivity index (χ0n) is 14.0. The minimum Gasteiger partial charge on any atom is -0.258 e. The van der Waals surface area contributed by atoms with Crippen molar-refractivity contribution in [1.29, 1.82) is 0 Å². The van der Waals surface area contributed by atoms with E-state index in [1.165, 1.54) is 23.4 Å². The molecule has 1 atom stereocenters. The number of H-pyrrole nitrogens is 1.